The summed E-state index contributed by atoms with van der Waals surface area (Å²) < 4.78 is 28.8. The summed E-state index contributed by atoms with van der Waals surface area (Å²) in [5.41, 5.74) is 2.22. The highest BCUT2D eigenvalue weighted by molar-refractivity contribution is 7.90. The molecule has 6 heteroatoms. The third-order valence-corrected chi connectivity index (χ3v) is 5.85. The van der Waals surface area contributed by atoms with Crippen LogP contribution < -0.4 is 10.1 Å². The van der Waals surface area contributed by atoms with Crippen molar-refractivity contribution in [2.24, 2.45) is 0 Å². The fourth-order valence-corrected chi connectivity index (χ4v) is 3.51. The van der Waals surface area contributed by atoms with E-state index < -0.39 is 9.84 Å². The first-order valence-corrected chi connectivity index (χ1v) is 11.7. The summed E-state index contributed by atoms with van der Waals surface area (Å²) in [5.74, 6) is 0.745. The van der Waals surface area contributed by atoms with Gasteiger partial charge in [0.15, 0.2) is 9.84 Å². The second-order valence-corrected chi connectivity index (χ2v) is 10.4. The Labute approximate surface area is 174 Å². The third kappa shape index (κ3) is 7.20. The standard InChI is InChI=1S/C23H31NO4S/c1-17(18-8-14-21(15-9-18)29(5,26)27)24-22(25)7-6-16-28-20-12-10-19(11-13-20)23(2,3)4/h8-15,17H,6-7,16H2,1-5H3,(H,24,25)/t17-/m1/s1. The zero-order valence-corrected chi connectivity index (χ0v) is 18.7. The summed E-state index contributed by atoms with van der Waals surface area (Å²) >= 11 is 0. The van der Waals surface area contributed by atoms with Crippen molar-refractivity contribution in [3.05, 3.63) is 59.7 Å². The Morgan fingerprint density at radius 1 is 1.03 bits per heavy atom. The van der Waals surface area contributed by atoms with E-state index in [2.05, 4.69) is 38.2 Å². The van der Waals surface area contributed by atoms with Gasteiger partial charge in [0, 0.05) is 12.7 Å². The van der Waals surface area contributed by atoms with Gasteiger partial charge in [0.2, 0.25) is 5.91 Å². The molecule has 2 aromatic rings. The molecule has 0 aromatic heterocycles. The van der Waals surface area contributed by atoms with Crippen LogP contribution in [-0.4, -0.2) is 27.2 Å². The maximum absolute atomic E-state index is 12.2. The number of sulfone groups is 1. The molecule has 1 amide bonds. The number of carbonyl (C=O) groups excluding carboxylic acids is 1. The van der Waals surface area contributed by atoms with Crippen molar-refractivity contribution in [2.45, 2.75) is 56.9 Å². The number of amides is 1. The summed E-state index contributed by atoms with van der Waals surface area (Å²) in [6.07, 6.45) is 2.16. The van der Waals surface area contributed by atoms with Crippen LogP contribution in [0.5, 0.6) is 5.75 Å². The van der Waals surface area contributed by atoms with Crippen LogP contribution in [0.4, 0.5) is 0 Å². The molecule has 0 saturated carbocycles. The Bertz CT molecular complexity index is 911. The van der Waals surface area contributed by atoms with Crippen LogP contribution in [0.2, 0.25) is 0 Å². The number of carbonyl (C=O) groups is 1. The van der Waals surface area contributed by atoms with Crippen molar-refractivity contribution in [2.75, 3.05) is 12.9 Å². The average Bonchev–Trinajstić information content (AvgIpc) is 2.64. The molecular weight excluding hydrogens is 386 g/mol. The highest BCUT2D eigenvalue weighted by atomic mass is 32.2. The van der Waals surface area contributed by atoms with E-state index in [9.17, 15) is 13.2 Å². The lowest BCUT2D eigenvalue weighted by Gasteiger charge is -2.19. The predicted molar refractivity (Wildman–Crippen MR) is 116 cm³/mol. The smallest absolute Gasteiger partial charge is 0.220 e. The molecular formula is C23H31NO4S. The highest BCUT2D eigenvalue weighted by Gasteiger charge is 2.14. The van der Waals surface area contributed by atoms with E-state index >= 15 is 0 Å². The van der Waals surface area contributed by atoms with Gasteiger partial charge in [0.05, 0.1) is 17.5 Å². The Morgan fingerprint density at radius 3 is 2.14 bits per heavy atom. The molecule has 1 atom stereocenters. The van der Waals surface area contributed by atoms with Crippen LogP contribution in [0.3, 0.4) is 0 Å². The molecule has 0 saturated heterocycles. The number of hydrogen-bond acceptors (Lipinski definition) is 4. The van der Waals surface area contributed by atoms with Gasteiger partial charge in [-0.1, -0.05) is 45.0 Å². The molecule has 0 aliphatic rings. The maximum atomic E-state index is 12.2. The van der Waals surface area contributed by atoms with Crippen LogP contribution in [0, 0.1) is 0 Å². The second-order valence-electron chi connectivity index (χ2n) is 8.36. The fraction of sp³-hybridized carbons (Fsp3) is 0.435. The fourth-order valence-electron chi connectivity index (χ4n) is 2.87. The minimum Gasteiger partial charge on any atom is -0.494 e. The van der Waals surface area contributed by atoms with Gasteiger partial charge in [-0.05, 0) is 54.2 Å². The van der Waals surface area contributed by atoms with E-state index in [1.165, 1.54) is 11.8 Å². The first kappa shape index (κ1) is 22.9. The second kappa shape index (κ2) is 9.44. The number of hydrogen-bond donors (Lipinski definition) is 1. The van der Waals surface area contributed by atoms with E-state index in [4.69, 9.17) is 4.74 Å². The molecule has 2 aromatic carbocycles. The summed E-state index contributed by atoms with van der Waals surface area (Å²) in [7, 11) is -3.22. The maximum Gasteiger partial charge on any atom is 0.220 e. The molecule has 0 unspecified atom stereocenters. The van der Waals surface area contributed by atoms with E-state index in [1.54, 1.807) is 24.3 Å². The summed E-state index contributed by atoms with van der Waals surface area (Å²) in [5, 5.41) is 2.93. The van der Waals surface area contributed by atoms with Crippen LogP contribution in [0.1, 0.15) is 57.7 Å². The van der Waals surface area contributed by atoms with E-state index in [1.807, 2.05) is 19.1 Å². The molecule has 0 spiro atoms. The Balaban J connectivity index is 1.75. The van der Waals surface area contributed by atoms with Crippen molar-refractivity contribution in [3.8, 4) is 5.75 Å². The first-order valence-electron chi connectivity index (χ1n) is 9.79. The minimum absolute atomic E-state index is 0.0589. The molecule has 0 aliphatic heterocycles. The lowest BCUT2D eigenvalue weighted by molar-refractivity contribution is -0.121. The number of nitrogens with one attached hydrogen (secondary N) is 1. The molecule has 0 bridgehead atoms. The number of rotatable bonds is 8. The van der Waals surface area contributed by atoms with Crippen LogP contribution >= 0.6 is 0 Å². The normalized spacial score (nSPS) is 13.0. The lowest BCUT2D eigenvalue weighted by atomic mass is 9.87. The third-order valence-electron chi connectivity index (χ3n) is 4.72. The molecule has 2 rings (SSSR count). The van der Waals surface area contributed by atoms with Crippen LogP contribution in [0.25, 0.3) is 0 Å². The predicted octanol–water partition coefficient (Wildman–Crippen LogP) is 4.42. The molecule has 29 heavy (non-hydrogen) atoms. The van der Waals surface area contributed by atoms with Crippen LogP contribution in [-0.2, 0) is 20.0 Å². The molecule has 0 fully saturated rings. The number of ether oxygens (including phenoxy) is 1. The van der Waals surface area contributed by atoms with Gasteiger partial charge >= 0.3 is 0 Å². The molecule has 1 N–H and O–H groups in total. The SMILES string of the molecule is C[C@@H](NC(=O)CCCOc1ccc(C(C)(C)C)cc1)c1ccc(S(C)(=O)=O)cc1. The zero-order chi connectivity index (χ0) is 21.7. The average molecular weight is 418 g/mol. The topological polar surface area (TPSA) is 72.5 Å². The van der Waals surface area contributed by atoms with Gasteiger partial charge in [-0.15, -0.1) is 0 Å². The Morgan fingerprint density at radius 2 is 1.62 bits per heavy atom. The molecule has 5 nitrogen and oxygen atoms in total. The van der Waals surface area contributed by atoms with Gasteiger partial charge in [-0.25, -0.2) is 8.42 Å². The van der Waals surface area contributed by atoms with E-state index in [-0.39, 0.29) is 22.3 Å². The van der Waals surface area contributed by atoms with E-state index in [0.29, 0.717) is 19.4 Å². The van der Waals surface area contributed by atoms with Gasteiger partial charge < -0.3 is 10.1 Å². The van der Waals surface area contributed by atoms with Crippen molar-refractivity contribution >= 4 is 15.7 Å². The summed E-state index contributed by atoms with van der Waals surface area (Å²) in [6.45, 7) is 8.86. The summed E-state index contributed by atoms with van der Waals surface area (Å²) in [6, 6.07) is 14.4. The lowest BCUT2D eigenvalue weighted by Crippen LogP contribution is -2.26. The van der Waals surface area contributed by atoms with Crippen molar-refractivity contribution < 1.29 is 17.9 Å². The molecule has 0 heterocycles. The first-order chi connectivity index (χ1) is 13.5. The van der Waals surface area contributed by atoms with Gasteiger partial charge in [-0.3, -0.25) is 4.79 Å². The molecule has 158 valence electrons. The Hall–Kier alpha value is -2.34. The largest absolute Gasteiger partial charge is 0.494 e. The van der Waals surface area contributed by atoms with E-state index in [0.717, 1.165) is 11.3 Å². The minimum atomic E-state index is -3.22. The highest BCUT2D eigenvalue weighted by Crippen LogP contribution is 2.24. The monoisotopic (exact) mass is 417 g/mol. The van der Waals surface area contributed by atoms with Crippen molar-refractivity contribution in [1.82, 2.24) is 5.32 Å². The molecule has 0 aliphatic carbocycles. The van der Waals surface area contributed by atoms with Gasteiger partial charge in [0.1, 0.15) is 5.75 Å². The molecule has 0 radical (unpaired) electrons. The zero-order valence-electron chi connectivity index (χ0n) is 17.9. The van der Waals surface area contributed by atoms with Crippen molar-refractivity contribution in [1.29, 1.82) is 0 Å². The summed E-state index contributed by atoms with van der Waals surface area (Å²) in [4.78, 5) is 12.4. The Kier molecular flexibility index (Phi) is 7.47. The van der Waals surface area contributed by atoms with Crippen LogP contribution in [0.15, 0.2) is 53.4 Å². The quantitative estimate of drug-likeness (QED) is 0.645. The van der Waals surface area contributed by atoms with Crippen molar-refractivity contribution in [3.63, 3.8) is 0 Å². The van der Waals surface area contributed by atoms with Gasteiger partial charge in [-0.2, -0.15) is 0 Å². The van der Waals surface area contributed by atoms with Gasteiger partial charge in [0.25, 0.3) is 0 Å². The number of benzene rings is 2.